The van der Waals surface area contributed by atoms with E-state index in [1.165, 1.54) is 218 Å². The summed E-state index contributed by atoms with van der Waals surface area (Å²) in [5, 5.41) is 0. The van der Waals surface area contributed by atoms with E-state index in [2.05, 4.69) is 64.1 Å². The van der Waals surface area contributed by atoms with Crippen LogP contribution in [-0.2, 0) is 0 Å². The molecule has 0 fully saturated rings. The average Bonchev–Trinajstić information content (AvgIpc) is 3.34. The zero-order valence-corrected chi connectivity index (χ0v) is 45.2. The van der Waals surface area contributed by atoms with Gasteiger partial charge in [-0.25, -0.2) is 4.98 Å². The monoisotopic (exact) mass is 934 g/mol. The molecule has 0 saturated carbocycles. The maximum atomic E-state index is 6.15. The van der Waals surface area contributed by atoms with Crippen molar-refractivity contribution in [1.29, 1.82) is 0 Å². The number of hydrogen-bond acceptors (Lipinski definition) is 5. The van der Waals surface area contributed by atoms with Gasteiger partial charge in [-0.3, -0.25) is 9.98 Å². The number of pyridine rings is 1. The van der Waals surface area contributed by atoms with Gasteiger partial charge >= 0.3 is 0 Å². The molecule has 0 bridgehead atoms. The average molecular weight is 935 g/mol. The standard InChI is InChI=1S/C63H103N3O2/c1-7-9-11-13-15-17-19-21-23-25-27-29-31-33-35-37-39-41-50-67-58-46-48-60(54(3)52-58)64-56(5)62-44-43-45-63(66-62)57(6)65-61-49-47-59(53-55(61)4)68-51-42-40-38-36-34-32-30-28-26-24-22-20-18-16-14-12-10-8-2/h43-49,52-53H,7-42,50-51H2,1-6H3/b64-56+,65-57+. The molecule has 2 aromatic carbocycles. The van der Waals surface area contributed by atoms with Crippen molar-refractivity contribution in [2.45, 2.75) is 273 Å². The maximum Gasteiger partial charge on any atom is 0.119 e. The molecular formula is C63H103N3O2. The van der Waals surface area contributed by atoms with E-state index in [1.54, 1.807) is 0 Å². The Kier molecular flexibility index (Phi) is 34.9. The summed E-state index contributed by atoms with van der Waals surface area (Å²) in [6.07, 6.45) is 50.0. The Morgan fingerprint density at radius 2 is 0.632 bits per heavy atom. The topological polar surface area (TPSA) is 56.1 Å². The van der Waals surface area contributed by atoms with Crippen LogP contribution in [-0.4, -0.2) is 29.6 Å². The fourth-order valence-electron chi connectivity index (χ4n) is 9.39. The van der Waals surface area contributed by atoms with Gasteiger partial charge in [0.15, 0.2) is 0 Å². The van der Waals surface area contributed by atoms with Gasteiger partial charge in [0.05, 0.1) is 47.4 Å². The van der Waals surface area contributed by atoms with Crippen molar-refractivity contribution in [1.82, 2.24) is 4.98 Å². The maximum absolute atomic E-state index is 6.15. The lowest BCUT2D eigenvalue weighted by molar-refractivity contribution is 0.304. The lowest BCUT2D eigenvalue weighted by atomic mass is 10.0. The second-order valence-corrected chi connectivity index (χ2v) is 20.4. The highest BCUT2D eigenvalue weighted by Crippen LogP contribution is 2.27. The van der Waals surface area contributed by atoms with Crippen LogP contribution in [0.4, 0.5) is 11.4 Å². The quantitative estimate of drug-likeness (QED) is 0.0419. The molecule has 0 saturated heterocycles. The molecule has 0 N–H and O–H groups in total. The first-order valence-corrected chi connectivity index (χ1v) is 29.0. The number of aromatic nitrogens is 1. The SMILES string of the molecule is CCCCCCCCCCCCCCCCCCCCOc1ccc(/N=C(\C)c2cccc(/C(C)=N/c3ccc(OCCCCCCCCCCCCCCCCCCCC)cc3C)n2)c(C)c1. The van der Waals surface area contributed by atoms with Crippen molar-refractivity contribution in [2.24, 2.45) is 9.98 Å². The molecule has 0 aliphatic heterocycles. The van der Waals surface area contributed by atoms with Crippen LogP contribution in [0.3, 0.4) is 0 Å². The van der Waals surface area contributed by atoms with Gasteiger partial charge in [0.1, 0.15) is 11.5 Å². The summed E-state index contributed by atoms with van der Waals surface area (Å²) in [5.41, 5.74) is 7.55. The van der Waals surface area contributed by atoms with Crippen molar-refractivity contribution >= 4 is 22.8 Å². The van der Waals surface area contributed by atoms with Gasteiger partial charge in [0, 0.05) is 0 Å². The Morgan fingerprint density at radius 3 is 0.897 bits per heavy atom. The minimum absolute atomic E-state index is 0.772. The fraction of sp³-hybridized carbons (Fsp3) is 0.698. The van der Waals surface area contributed by atoms with E-state index >= 15 is 0 Å². The molecule has 5 nitrogen and oxygen atoms in total. The van der Waals surface area contributed by atoms with Crippen LogP contribution >= 0.6 is 0 Å². The summed E-state index contributed by atoms with van der Waals surface area (Å²) in [6, 6.07) is 18.6. The van der Waals surface area contributed by atoms with Crippen LogP contribution in [0, 0.1) is 13.8 Å². The summed E-state index contributed by atoms with van der Waals surface area (Å²) in [7, 11) is 0. The van der Waals surface area contributed by atoms with E-state index < -0.39 is 0 Å². The van der Waals surface area contributed by atoms with E-state index in [9.17, 15) is 0 Å². The fourth-order valence-corrected chi connectivity index (χ4v) is 9.39. The summed E-state index contributed by atoms with van der Waals surface area (Å²) in [6.45, 7) is 14.4. The van der Waals surface area contributed by atoms with Gasteiger partial charge < -0.3 is 9.47 Å². The molecule has 0 radical (unpaired) electrons. The molecule has 0 atom stereocenters. The number of nitrogens with zero attached hydrogens (tertiary/aromatic N) is 3. The minimum Gasteiger partial charge on any atom is -0.494 e. The second kappa shape index (κ2) is 40.3. The van der Waals surface area contributed by atoms with Crippen LogP contribution in [0.2, 0.25) is 0 Å². The van der Waals surface area contributed by atoms with Gasteiger partial charge in [0.2, 0.25) is 0 Å². The third kappa shape index (κ3) is 28.9. The number of ether oxygens (including phenoxy) is 2. The Bertz CT molecular complexity index is 1620. The van der Waals surface area contributed by atoms with E-state index in [-0.39, 0.29) is 0 Å². The molecule has 1 aromatic heterocycles. The summed E-state index contributed by atoms with van der Waals surface area (Å²) < 4.78 is 12.3. The van der Waals surface area contributed by atoms with Crippen molar-refractivity contribution in [3.05, 3.63) is 77.1 Å². The highest BCUT2D eigenvalue weighted by molar-refractivity contribution is 6.02. The van der Waals surface area contributed by atoms with E-state index in [4.69, 9.17) is 24.4 Å². The second-order valence-electron chi connectivity index (χ2n) is 20.4. The van der Waals surface area contributed by atoms with Crippen LogP contribution in [0.1, 0.15) is 281 Å². The van der Waals surface area contributed by atoms with Crippen LogP contribution in [0.25, 0.3) is 0 Å². The first kappa shape index (κ1) is 58.8. The Morgan fingerprint density at radius 1 is 0.368 bits per heavy atom. The van der Waals surface area contributed by atoms with Crippen LogP contribution in [0.5, 0.6) is 11.5 Å². The number of rotatable bonds is 44. The molecule has 3 aromatic rings. The van der Waals surface area contributed by atoms with Crippen molar-refractivity contribution in [3.63, 3.8) is 0 Å². The predicted molar refractivity (Wildman–Crippen MR) is 299 cm³/mol. The van der Waals surface area contributed by atoms with E-state index in [1.807, 2.05) is 32.0 Å². The van der Waals surface area contributed by atoms with Crippen molar-refractivity contribution in [3.8, 4) is 11.5 Å². The van der Waals surface area contributed by atoms with Gasteiger partial charge in [-0.15, -0.1) is 0 Å². The molecule has 0 spiro atoms. The third-order valence-electron chi connectivity index (χ3n) is 13.9. The lowest BCUT2D eigenvalue weighted by Crippen LogP contribution is -2.05. The molecule has 5 heteroatoms. The Balaban J connectivity index is 1.25. The molecule has 0 amide bonds. The van der Waals surface area contributed by atoms with E-state index in [0.29, 0.717) is 0 Å². The zero-order valence-electron chi connectivity index (χ0n) is 45.2. The Labute approximate surface area is 420 Å². The smallest absolute Gasteiger partial charge is 0.119 e. The molecular weight excluding hydrogens is 831 g/mol. The molecule has 1 heterocycles. The molecule has 3 rings (SSSR count). The first-order chi connectivity index (χ1) is 33.4. The number of aryl methyl sites for hydroxylation is 2. The van der Waals surface area contributed by atoms with E-state index in [0.717, 1.165) is 82.9 Å². The molecule has 382 valence electrons. The van der Waals surface area contributed by atoms with Gasteiger partial charge in [0.25, 0.3) is 0 Å². The largest absolute Gasteiger partial charge is 0.494 e. The number of aliphatic imine (C=N–C) groups is 2. The molecule has 0 aliphatic carbocycles. The van der Waals surface area contributed by atoms with Gasteiger partial charge in [-0.1, -0.05) is 238 Å². The highest BCUT2D eigenvalue weighted by Gasteiger charge is 2.09. The summed E-state index contributed by atoms with van der Waals surface area (Å²) >= 11 is 0. The summed E-state index contributed by atoms with van der Waals surface area (Å²) in [5.74, 6) is 1.85. The Hall–Kier alpha value is -3.47. The van der Waals surface area contributed by atoms with Crippen molar-refractivity contribution < 1.29 is 9.47 Å². The molecule has 0 unspecified atom stereocenters. The molecule has 0 aliphatic rings. The number of hydrogen-bond donors (Lipinski definition) is 0. The minimum atomic E-state index is 0.772. The number of unbranched alkanes of at least 4 members (excludes halogenated alkanes) is 34. The van der Waals surface area contributed by atoms with Crippen LogP contribution in [0.15, 0.2) is 64.6 Å². The van der Waals surface area contributed by atoms with Crippen molar-refractivity contribution in [2.75, 3.05) is 13.2 Å². The van der Waals surface area contributed by atoms with Crippen LogP contribution < -0.4 is 9.47 Å². The zero-order chi connectivity index (χ0) is 48.5. The highest BCUT2D eigenvalue weighted by atomic mass is 16.5. The lowest BCUT2D eigenvalue weighted by Gasteiger charge is -2.10. The molecule has 68 heavy (non-hydrogen) atoms. The first-order valence-electron chi connectivity index (χ1n) is 29.0. The summed E-state index contributed by atoms with van der Waals surface area (Å²) in [4.78, 5) is 14.9. The predicted octanol–water partition coefficient (Wildman–Crippen LogP) is 20.8. The normalized spacial score (nSPS) is 12.0. The van der Waals surface area contributed by atoms with Gasteiger partial charge in [-0.2, -0.15) is 0 Å². The van der Waals surface area contributed by atoms with Gasteiger partial charge in [-0.05, 0) is 100 Å². The number of benzene rings is 2. The third-order valence-corrected chi connectivity index (χ3v) is 13.9.